The molecule has 0 radical (unpaired) electrons. The van der Waals surface area contributed by atoms with Gasteiger partial charge in [-0.15, -0.1) is 11.3 Å². The standard InChI is InChI=1S/C50H34N2S/c51-50(37-18-5-2-6-19-37)52-46(29-28-36-17-9-10-21-43(36)35-15-3-1-4-16-35)42-32-40(39-27-26-34-14-7-8-20-38(34)30-39)31-41(33-42)44-23-13-25-48-49(44)45-22-11-12-24-47(45)53-48/h1-33,51H/b29-28+,51-50?,52-46?. The van der Waals surface area contributed by atoms with E-state index in [4.69, 9.17) is 10.4 Å². The van der Waals surface area contributed by atoms with Gasteiger partial charge in [-0.1, -0.05) is 158 Å². The van der Waals surface area contributed by atoms with Crippen LogP contribution in [0.25, 0.3) is 70.4 Å². The van der Waals surface area contributed by atoms with Crippen LogP contribution in [0.2, 0.25) is 0 Å². The fourth-order valence-corrected chi connectivity index (χ4v) is 8.28. The molecule has 0 aliphatic heterocycles. The number of amidine groups is 1. The lowest BCUT2D eigenvalue weighted by Gasteiger charge is -2.14. The van der Waals surface area contributed by atoms with Crippen LogP contribution >= 0.6 is 11.3 Å². The Kier molecular flexibility index (Phi) is 8.61. The van der Waals surface area contributed by atoms with Crippen LogP contribution in [0.1, 0.15) is 16.7 Å². The molecule has 0 atom stereocenters. The maximum atomic E-state index is 9.15. The van der Waals surface area contributed by atoms with Crippen molar-refractivity contribution in [2.75, 3.05) is 0 Å². The molecular formula is C50H34N2S. The molecule has 1 aromatic heterocycles. The first-order valence-corrected chi connectivity index (χ1v) is 18.6. The Morgan fingerprint density at radius 2 is 1.15 bits per heavy atom. The zero-order valence-electron chi connectivity index (χ0n) is 28.9. The molecule has 0 amide bonds. The summed E-state index contributed by atoms with van der Waals surface area (Å²) in [5, 5.41) is 14.1. The van der Waals surface area contributed by atoms with Crippen molar-refractivity contribution in [2.45, 2.75) is 0 Å². The summed E-state index contributed by atoms with van der Waals surface area (Å²) in [6.45, 7) is 0. The highest BCUT2D eigenvalue weighted by atomic mass is 32.1. The molecule has 9 aromatic rings. The van der Waals surface area contributed by atoms with E-state index in [-0.39, 0.29) is 5.84 Å². The summed E-state index contributed by atoms with van der Waals surface area (Å²) in [7, 11) is 0. The summed E-state index contributed by atoms with van der Waals surface area (Å²) in [6, 6.07) is 65.9. The largest absolute Gasteiger partial charge is 0.282 e. The van der Waals surface area contributed by atoms with E-state index in [0.717, 1.165) is 44.5 Å². The van der Waals surface area contributed by atoms with Gasteiger partial charge in [0.05, 0.1) is 5.71 Å². The molecule has 8 aromatic carbocycles. The fourth-order valence-electron chi connectivity index (χ4n) is 7.15. The van der Waals surface area contributed by atoms with Gasteiger partial charge in [-0.25, -0.2) is 4.99 Å². The van der Waals surface area contributed by atoms with E-state index in [2.05, 4.69) is 164 Å². The molecule has 0 spiro atoms. The maximum absolute atomic E-state index is 9.15. The van der Waals surface area contributed by atoms with E-state index < -0.39 is 0 Å². The molecule has 0 unspecified atom stereocenters. The lowest BCUT2D eigenvalue weighted by molar-refractivity contribution is 1.41. The third kappa shape index (κ3) is 6.51. The Hall–Kier alpha value is -6.68. The van der Waals surface area contributed by atoms with E-state index in [1.54, 1.807) is 0 Å². The van der Waals surface area contributed by atoms with Crippen molar-refractivity contribution in [2.24, 2.45) is 4.99 Å². The Balaban J connectivity index is 1.27. The van der Waals surface area contributed by atoms with Crippen LogP contribution in [0.5, 0.6) is 0 Å². The molecule has 3 heteroatoms. The fraction of sp³-hybridized carbons (Fsp3) is 0. The Bertz CT molecular complexity index is 2840. The van der Waals surface area contributed by atoms with Gasteiger partial charge in [0.1, 0.15) is 0 Å². The van der Waals surface area contributed by atoms with Crippen LogP contribution in [0.4, 0.5) is 0 Å². The number of hydrogen-bond acceptors (Lipinski definition) is 2. The normalized spacial score (nSPS) is 11.9. The quantitative estimate of drug-likeness (QED) is 0.127. The smallest absolute Gasteiger partial charge is 0.152 e. The average molecular weight is 695 g/mol. The molecule has 0 fully saturated rings. The van der Waals surface area contributed by atoms with E-state index >= 15 is 0 Å². The predicted octanol–water partition coefficient (Wildman–Crippen LogP) is 13.7. The van der Waals surface area contributed by atoms with Gasteiger partial charge >= 0.3 is 0 Å². The number of allylic oxidation sites excluding steroid dienone is 1. The summed E-state index contributed by atoms with van der Waals surface area (Å²) < 4.78 is 2.54. The lowest BCUT2D eigenvalue weighted by Crippen LogP contribution is -2.04. The number of rotatable bonds is 7. The molecule has 0 aliphatic carbocycles. The number of thiophene rings is 1. The van der Waals surface area contributed by atoms with Crippen molar-refractivity contribution >= 4 is 59.9 Å². The van der Waals surface area contributed by atoms with Gasteiger partial charge in [0.25, 0.3) is 0 Å². The van der Waals surface area contributed by atoms with Gasteiger partial charge in [0, 0.05) is 31.3 Å². The molecule has 0 saturated heterocycles. The molecule has 1 N–H and O–H groups in total. The van der Waals surface area contributed by atoms with Gasteiger partial charge in [0.2, 0.25) is 0 Å². The van der Waals surface area contributed by atoms with Crippen LogP contribution in [0.15, 0.2) is 199 Å². The first kappa shape index (κ1) is 32.2. The molecule has 2 nitrogen and oxygen atoms in total. The predicted molar refractivity (Wildman–Crippen MR) is 228 cm³/mol. The third-order valence-corrected chi connectivity index (χ3v) is 10.9. The van der Waals surface area contributed by atoms with Gasteiger partial charge in [-0.2, -0.15) is 0 Å². The number of aliphatic imine (C=N–C) groups is 1. The summed E-state index contributed by atoms with van der Waals surface area (Å²) in [6.07, 6.45) is 4.21. The van der Waals surface area contributed by atoms with Crippen molar-refractivity contribution in [1.29, 1.82) is 5.41 Å². The van der Waals surface area contributed by atoms with E-state index in [9.17, 15) is 0 Å². The highest BCUT2D eigenvalue weighted by Gasteiger charge is 2.15. The topological polar surface area (TPSA) is 36.2 Å². The highest BCUT2D eigenvalue weighted by Crippen LogP contribution is 2.41. The molecule has 9 rings (SSSR count). The summed E-state index contributed by atoms with van der Waals surface area (Å²) in [5.41, 5.74) is 10.3. The first-order chi connectivity index (χ1) is 26.2. The second-order valence-electron chi connectivity index (χ2n) is 13.1. The van der Waals surface area contributed by atoms with E-state index in [1.807, 2.05) is 47.7 Å². The first-order valence-electron chi connectivity index (χ1n) is 17.8. The number of hydrogen-bond donors (Lipinski definition) is 1. The van der Waals surface area contributed by atoms with Crippen LogP contribution in [-0.4, -0.2) is 11.5 Å². The second-order valence-corrected chi connectivity index (χ2v) is 14.2. The second kappa shape index (κ2) is 14.1. The van der Waals surface area contributed by atoms with Crippen molar-refractivity contribution in [1.82, 2.24) is 0 Å². The summed E-state index contributed by atoms with van der Waals surface area (Å²) in [5.74, 6) is 0.213. The number of fused-ring (bicyclic) bond motifs is 4. The van der Waals surface area contributed by atoms with Crippen molar-refractivity contribution in [3.8, 4) is 33.4 Å². The van der Waals surface area contributed by atoms with Crippen molar-refractivity contribution in [3.05, 3.63) is 211 Å². The van der Waals surface area contributed by atoms with Gasteiger partial charge in [-0.05, 0) is 92.2 Å². The zero-order chi connectivity index (χ0) is 35.6. The third-order valence-electron chi connectivity index (χ3n) is 9.77. The van der Waals surface area contributed by atoms with Gasteiger partial charge < -0.3 is 0 Å². The van der Waals surface area contributed by atoms with Crippen molar-refractivity contribution < 1.29 is 0 Å². The Labute approximate surface area is 313 Å². The molecule has 250 valence electrons. The summed E-state index contributed by atoms with van der Waals surface area (Å²) in [4.78, 5) is 5.07. The molecule has 0 bridgehead atoms. The van der Waals surface area contributed by atoms with E-state index in [0.29, 0.717) is 5.71 Å². The molecule has 53 heavy (non-hydrogen) atoms. The van der Waals surface area contributed by atoms with Crippen LogP contribution in [-0.2, 0) is 0 Å². The van der Waals surface area contributed by atoms with E-state index in [1.165, 1.54) is 36.5 Å². The number of nitrogens with zero attached hydrogens (tertiary/aromatic N) is 1. The SMILES string of the molecule is N=C(N=C(/C=C/c1ccccc1-c1ccccc1)c1cc(-c2ccc3ccccc3c2)cc(-c2cccc3sc4ccccc4c23)c1)c1ccccc1. The van der Waals surface area contributed by atoms with Crippen molar-refractivity contribution in [3.63, 3.8) is 0 Å². The van der Waals surface area contributed by atoms with Crippen LogP contribution in [0.3, 0.4) is 0 Å². The highest BCUT2D eigenvalue weighted by molar-refractivity contribution is 7.25. The minimum absolute atomic E-state index is 0.213. The summed E-state index contributed by atoms with van der Waals surface area (Å²) >= 11 is 1.83. The van der Waals surface area contributed by atoms with Gasteiger partial charge in [0.15, 0.2) is 5.84 Å². The zero-order valence-corrected chi connectivity index (χ0v) is 29.7. The van der Waals surface area contributed by atoms with Crippen LogP contribution in [0, 0.1) is 5.41 Å². The average Bonchev–Trinajstić information content (AvgIpc) is 3.62. The van der Waals surface area contributed by atoms with Gasteiger partial charge in [-0.3, -0.25) is 5.41 Å². The lowest BCUT2D eigenvalue weighted by atomic mass is 9.91. The molecular weight excluding hydrogens is 661 g/mol. The van der Waals surface area contributed by atoms with Crippen LogP contribution < -0.4 is 0 Å². The number of benzene rings is 8. The minimum Gasteiger partial charge on any atom is -0.282 e. The molecule has 0 saturated carbocycles. The number of nitrogens with one attached hydrogen (secondary N) is 1. The Morgan fingerprint density at radius 1 is 0.472 bits per heavy atom. The monoisotopic (exact) mass is 694 g/mol. The maximum Gasteiger partial charge on any atom is 0.152 e. The minimum atomic E-state index is 0.213. The molecule has 0 aliphatic rings. The Morgan fingerprint density at radius 3 is 2.02 bits per heavy atom. The molecule has 1 heterocycles.